The Balaban J connectivity index is 1.66. The number of rotatable bonds is 7. The average molecular weight is 334 g/mol. The Morgan fingerprint density at radius 1 is 0.920 bits per heavy atom. The zero-order chi connectivity index (χ0) is 17.3. The molecule has 2 aromatic carbocycles. The lowest BCUT2D eigenvalue weighted by Crippen LogP contribution is -2.45. The summed E-state index contributed by atoms with van der Waals surface area (Å²) in [6.45, 7) is 0.685. The van der Waals surface area contributed by atoms with Crippen LogP contribution in [0.25, 0.3) is 0 Å². The Bertz CT molecular complexity index is 694. The third kappa shape index (κ3) is 5.57. The van der Waals surface area contributed by atoms with Crippen LogP contribution in [0.3, 0.4) is 0 Å². The minimum absolute atomic E-state index is 0.0629. The van der Waals surface area contributed by atoms with Crippen LogP contribution in [-0.2, 0) is 17.8 Å². The zero-order valence-electron chi connectivity index (χ0n) is 14.6. The molecule has 1 atom stereocenters. The van der Waals surface area contributed by atoms with E-state index in [4.69, 9.17) is 0 Å². The van der Waals surface area contributed by atoms with Crippen molar-refractivity contribution in [3.05, 3.63) is 83.6 Å². The summed E-state index contributed by atoms with van der Waals surface area (Å²) in [7, 11) is 0. The van der Waals surface area contributed by atoms with Crippen molar-refractivity contribution >= 4 is 5.91 Å². The molecular weight excluding hydrogens is 308 g/mol. The molecule has 0 aliphatic heterocycles. The van der Waals surface area contributed by atoms with E-state index in [0.29, 0.717) is 13.0 Å². The molecule has 0 spiro atoms. The number of amides is 1. The number of benzene rings is 2. The van der Waals surface area contributed by atoms with E-state index in [-0.39, 0.29) is 11.9 Å². The summed E-state index contributed by atoms with van der Waals surface area (Å²) < 4.78 is 0. The van der Waals surface area contributed by atoms with E-state index in [0.717, 1.165) is 25.0 Å². The summed E-state index contributed by atoms with van der Waals surface area (Å²) in [4.78, 5) is 12.8. The normalized spacial score (nSPS) is 15.3. The zero-order valence-corrected chi connectivity index (χ0v) is 14.6. The van der Waals surface area contributed by atoms with Crippen LogP contribution in [0.2, 0.25) is 0 Å². The molecule has 0 radical (unpaired) electrons. The molecule has 0 heterocycles. The SMILES string of the molecule is O=C(NC1=CCCCC1)C(Cc1ccccc1)NCc1ccccc1. The molecule has 0 fully saturated rings. The van der Waals surface area contributed by atoms with Gasteiger partial charge in [-0.2, -0.15) is 0 Å². The summed E-state index contributed by atoms with van der Waals surface area (Å²) in [5.41, 5.74) is 3.43. The minimum atomic E-state index is -0.245. The molecule has 3 heteroatoms. The van der Waals surface area contributed by atoms with Crippen LogP contribution in [-0.4, -0.2) is 11.9 Å². The van der Waals surface area contributed by atoms with Crippen molar-refractivity contribution in [1.29, 1.82) is 0 Å². The third-order valence-corrected chi connectivity index (χ3v) is 4.57. The van der Waals surface area contributed by atoms with Gasteiger partial charge in [0.25, 0.3) is 0 Å². The summed E-state index contributed by atoms with van der Waals surface area (Å²) in [5, 5.41) is 6.57. The Morgan fingerprint density at radius 3 is 2.24 bits per heavy atom. The second-order valence-corrected chi connectivity index (χ2v) is 6.57. The lowest BCUT2D eigenvalue weighted by Gasteiger charge is -2.21. The van der Waals surface area contributed by atoms with E-state index >= 15 is 0 Å². The first-order chi connectivity index (χ1) is 12.3. The minimum Gasteiger partial charge on any atom is -0.329 e. The number of carbonyl (C=O) groups excluding carboxylic acids is 1. The van der Waals surface area contributed by atoms with Crippen LogP contribution in [0.1, 0.15) is 36.8 Å². The highest BCUT2D eigenvalue weighted by Crippen LogP contribution is 2.15. The number of carbonyl (C=O) groups is 1. The molecule has 1 amide bonds. The van der Waals surface area contributed by atoms with Crippen LogP contribution in [0.5, 0.6) is 0 Å². The summed E-state index contributed by atoms with van der Waals surface area (Å²) in [5.74, 6) is 0.0629. The number of hydrogen-bond acceptors (Lipinski definition) is 2. The number of hydrogen-bond donors (Lipinski definition) is 2. The lowest BCUT2D eigenvalue weighted by molar-refractivity contribution is -0.122. The molecule has 1 aliphatic carbocycles. The maximum absolute atomic E-state index is 12.8. The highest BCUT2D eigenvalue weighted by atomic mass is 16.2. The molecule has 0 saturated heterocycles. The van der Waals surface area contributed by atoms with Gasteiger partial charge in [-0.25, -0.2) is 0 Å². The summed E-state index contributed by atoms with van der Waals surface area (Å²) >= 11 is 0. The monoisotopic (exact) mass is 334 g/mol. The van der Waals surface area contributed by atoms with Gasteiger partial charge in [-0.1, -0.05) is 66.7 Å². The van der Waals surface area contributed by atoms with Gasteiger partial charge in [0.1, 0.15) is 0 Å². The van der Waals surface area contributed by atoms with Crippen LogP contribution in [0.15, 0.2) is 72.4 Å². The fraction of sp³-hybridized carbons (Fsp3) is 0.318. The van der Waals surface area contributed by atoms with E-state index in [9.17, 15) is 4.79 Å². The van der Waals surface area contributed by atoms with Gasteiger partial charge in [0.15, 0.2) is 0 Å². The van der Waals surface area contributed by atoms with Crippen molar-refractivity contribution in [3.8, 4) is 0 Å². The van der Waals surface area contributed by atoms with Crippen LogP contribution in [0.4, 0.5) is 0 Å². The Labute approximate surface area is 150 Å². The fourth-order valence-electron chi connectivity index (χ4n) is 3.14. The first-order valence-electron chi connectivity index (χ1n) is 9.12. The molecule has 1 aliphatic rings. The first-order valence-corrected chi connectivity index (χ1v) is 9.12. The summed E-state index contributed by atoms with van der Waals surface area (Å²) in [6.07, 6.45) is 7.27. The van der Waals surface area contributed by atoms with E-state index < -0.39 is 0 Å². The molecule has 25 heavy (non-hydrogen) atoms. The summed E-state index contributed by atoms with van der Waals surface area (Å²) in [6, 6.07) is 20.2. The van der Waals surface area contributed by atoms with Crippen LogP contribution in [0, 0.1) is 0 Å². The second kappa shape index (κ2) is 9.19. The molecule has 0 bridgehead atoms. The number of allylic oxidation sites excluding steroid dienone is 2. The predicted molar refractivity (Wildman–Crippen MR) is 102 cm³/mol. The molecule has 0 saturated carbocycles. The van der Waals surface area contributed by atoms with Gasteiger partial charge in [0.2, 0.25) is 5.91 Å². The Hall–Kier alpha value is -2.39. The van der Waals surface area contributed by atoms with E-state index in [2.05, 4.69) is 41.0 Å². The van der Waals surface area contributed by atoms with Gasteiger partial charge in [0.05, 0.1) is 6.04 Å². The molecule has 2 aromatic rings. The average Bonchev–Trinajstić information content (AvgIpc) is 2.67. The van der Waals surface area contributed by atoms with Crippen molar-refractivity contribution < 1.29 is 4.79 Å². The highest BCUT2D eigenvalue weighted by molar-refractivity contribution is 5.83. The maximum atomic E-state index is 12.8. The van der Waals surface area contributed by atoms with E-state index in [1.807, 2.05) is 36.4 Å². The second-order valence-electron chi connectivity index (χ2n) is 6.57. The molecule has 130 valence electrons. The maximum Gasteiger partial charge on any atom is 0.241 e. The quantitative estimate of drug-likeness (QED) is 0.805. The standard InChI is InChI=1S/C22H26N2O/c25-22(24-20-14-8-3-9-15-20)21(16-18-10-4-1-5-11-18)23-17-19-12-6-2-7-13-19/h1-2,4-7,10-14,21,23H,3,8-9,15-17H2,(H,24,25). The van der Waals surface area contributed by atoms with Crippen molar-refractivity contribution in [1.82, 2.24) is 10.6 Å². The van der Waals surface area contributed by atoms with Gasteiger partial charge < -0.3 is 10.6 Å². The van der Waals surface area contributed by atoms with Gasteiger partial charge in [-0.3, -0.25) is 4.79 Å². The molecule has 3 nitrogen and oxygen atoms in total. The fourth-order valence-corrected chi connectivity index (χ4v) is 3.14. The molecule has 2 N–H and O–H groups in total. The van der Waals surface area contributed by atoms with Crippen molar-refractivity contribution in [2.75, 3.05) is 0 Å². The van der Waals surface area contributed by atoms with Crippen molar-refractivity contribution in [3.63, 3.8) is 0 Å². The Kier molecular flexibility index (Phi) is 6.41. The Morgan fingerprint density at radius 2 is 1.60 bits per heavy atom. The molecule has 0 aromatic heterocycles. The first kappa shape index (κ1) is 17.4. The lowest BCUT2D eigenvalue weighted by atomic mass is 10.0. The van der Waals surface area contributed by atoms with E-state index in [1.54, 1.807) is 0 Å². The third-order valence-electron chi connectivity index (χ3n) is 4.57. The van der Waals surface area contributed by atoms with Crippen molar-refractivity contribution in [2.45, 2.75) is 44.7 Å². The smallest absolute Gasteiger partial charge is 0.241 e. The van der Waals surface area contributed by atoms with Gasteiger partial charge >= 0.3 is 0 Å². The van der Waals surface area contributed by atoms with Crippen molar-refractivity contribution in [2.24, 2.45) is 0 Å². The van der Waals surface area contributed by atoms with E-state index in [1.165, 1.54) is 17.5 Å². The highest BCUT2D eigenvalue weighted by Gasteiger charge is 2.20. The van der Waals surface area contributed by atoms with Crippen LogP contribution >= 0.6 is 0 Å². The van der Waals surface area contributed by atoms with Crippen LogP contribution < -0.4 is 10.6 Å². The molecule has 3 rings (SSSR count). The predicted octanol–water partition coefficient (Wildman–Crippen LogP) is 3.96. The number of nitrogens with one attached hydrogen (secondary N) is 2. The molecule has 1 unspecified atom stereocenters. The molecular formula is C22H26N2O. The van der Waals surface area contributed by atoms with Gasteiger partial charge in [-0.05, 0) is 43.2 Å². The topological polar surface area (TPSA) is 41.1 Å². The largest absolute Gasteiger partial charge is 0.329 e. The van der Waals surface area contributed by atoms with Gasteiger partial charge in [0, 0.05) is 12.2 Å². The van der Waals surface area contributed by atoms with Gasteiger partial charge in [-0.15, -0.1) is 0 Å².